The number of nitrogens with zero attached hydrogens (tertiary/aromatic N) is 2. The molecule has 2 N–H and O–H groups in total. The molecule has 0 unspecified atom stereocenters. The second-order valence-electron chi connectivity index (χ2n) is 4.73. The third-order valence-corrected chi connectivity index (χ3v) is 3.60. The zero-order valence-corrected chi connectivity index (χ0v) is 12.7. The van der Waals surface area contributed by atoms with Crippen LogP contribution < -0.4 is 5.56 Å². The zero-order valence-electron chi connectivity index (χ0n) is 11.2. The number of carbonyl (C=O) groups is 1. The molecule has 0 spiro atoms. The van der Waals surface area contributed by atoms with E-state index < -0.39 is 5.97 Å². The average molecular weight is 338 g/mol. The van der Waals surface area contributed by atoms with E-state index in [4.69, 9.17) is 23.2 Å². The highest BCUT2D eigenvalue weighted by molar-refractivity contribution is 6.34. The van der Waals surface area contributed by atoms with Crippen molar-refractivity contribution in [3.05, 3.63) is 55.9 Å². The molecule has 0 saturated heterocycles. The van der Waals surface area contributed by atoms with Crippen LogP contribution >= 0.6 is 23.2 Å². The normalized spacial score (nSPS) is 11.0. The number of hydrogen-bond donors (Lipinski definition) is 2. The Hall–Kier alpha value is -2.31. The smallest absolute Gasteiger partial charge is 0.357 e. The summed E-state index contributed by atoms with van der Waals surface area (Å²) in [5, 5.41) is 14.5. The summed E-state index contributed by atoms with van der Waals surface area (Å²) in [6.07, 6.45) is 0. The second-order valence-corrected chi connectivity index (χ2v) is 5.61. The van der Waals surface area contributed by atoms with Crippen molar-refractivity contribution in [2.75, 3.05) is 0 Å². The highest BCUT2D eigenvalue weighted by Crippen LogP contribution is 2.26. The molecule has 22 heavy (non-hydrogen) atoms. The van der Waals surface area contributed by atoms with Crippen LogP contribution in [0.15, 0.2) is 29.1 Å². The molecular weight excluding hydrogens is 329 g/mol. The maximum absolute atomic E-state index is 11.7. The quantitative estimate of drug-likeness (QED) is 0.752. The monoisotopic (exact) mass is 337 g/mol. The Balaban J connectivity index is 2.44. The van der Waals surface area contributed by atoms with E-state index in [-0.39, 0.29) is 16.9 Å². The SMILES string of the molecule is Cc1cc(=O)[nH]c2c1c(C(=O)O)nn2-c1cc(Cl)cc(Cl)c1. The summed E-state index contributed by atoms with van der Waals surface area (Å²) in [6, 6.07) is 6.02. The Labute approximate surface area is 133 Å². The van der Waals surface area contributed by atoms with Crippen LogP contribution in [0.1, 0.15) is 16.1 Å². The van der Waals surface area contributed by atoms with Crippen molar-refractivity contribution in [3.63, 3.8) is 0 Å². The van der Waals surface area contributed by atoms with Gasteiger partial charge in [0.1, 0.15) is 5.65 Å². The number of carboxylic acid groups (broad SMARTS) is 1. The van der Waals surface area contributed by atoms with Gasteiger partial charge in [-0.2, -0.15) is 5.10 Å². The number of aromatic amines is 1. The fraction of sp³-hybridized carbons (Fsp3) is 0.0714. The highest BCUT2D eigenvalue weighted by atomic mass is 35.5. The zero-order chi connectivity index (χ0) is 16.0. The lowest BCUT2D eigenvalue weighted by atomic mass is 10.1. The lowest BCUT2D eigenvalue weighted by molar-refractivity contribution is 0.0692. The average Bonchev–Trinajstić information content (AvgIpc) is 2.77. The van der Waals surface area contributed by atoms with Crippen molar-refractivity contribution in [2.45, 2.75) is 6.92 Å². The summed E-state index contributed by atoms with van der Waals surface area (Å²) in [5.41, 5.74) is 0.753. The first kappa shape index (κ1) is 14.6. The fourth-order valence-corrected chi connectivity index (χ4v) is 2.84. The first-order valence-corrected chi connectivity index (χ1v) is 6.95. The Bertz CT molecular complexity index is 955. The summed E-state index contributed by atoms with van der Waals surface area (Å²) in [7, 11) is 0. The van der Waals surface area contributed by atoms with Crippen molar-refractivity contribution in [1.82, 2.24) is 14.8 Å². The number of aromatic carboxylic acids is 1. The molecule has 0 fully saturated rings. The van der Waals surface area contributed by atoms with Crippen LogP contribution in [0.25, 0.3) is 16.7 Å². The van der Waals surface area contributed by atoms with E-state index in [1.807, 2.05) is 0 Å². The first-order valence-electron chi connectivity index (χ1n) is 6.19. The van der Waals surface area contributed by atoms with Crippen molar-refractivity contribution in [1.29, 1.82) is 0 Å². The number of carboxylic acids is 1. The predicted molar refractivity (Wildman–Crippen MR) is 83.4 cm³/mol. The van der Waals surface area contributed by atoms with E-state index >= 15 is 0 Å². The molecule has 6 nitrogen and oxygen atoms in total. The van der Waals surface area contributed by atoms with Crippen LogP contribution in [-0.4, -0.2) is 25.8 Å². The molecule has 112 valence electrons. The van der Waals surface area contributed by atoms with Gasteiger partial charge in [0.2, 0.25) is 5.56 Å². The van der Waals surface area contributed by atoms with E-state index in [2.05, 4.69) is 10.1 Å². The van der Waals surface area contributed by atoms with Gasteiger partial charge in [0.15, 0.2) is 5.69 Å². The molecule has 0 radical (unpaired) electrons. The molecule has 0 amide bonds. The molecule has 0 bridgehead atoms. The van der Waals surface area contributed by atoms with Gasteiger partial charge in [0.05, 0.1) is 11.1 Å². The molecule has 0 atom stereocenters. The first-order chi connectivity index (χ1) is 10.4. The fourth-order valence-electron chi connectivity index (χ4n) is 2.33. The van der Waals surface area contributed by atoms with Crippen molar-refractivity contribution in [3.8, 4) is 5.69 Å². The Morgan fingerprint density at radius 2 is 1.86 bits per heavy atom. The Kier molecular flexibility index (Phi) is 3.42. The van der Waals surface area contributed by atoms with Gasteiger partial charge in [-0.05, 0) is 30.7 Å². The van der Waals surface area contributed by atoms with E-state index in [0.29, 0.717) is 26.7 Å². The Morgan fingerprint density at radius 3 is 2.45 bits per heavy atom. The van der Waals surface area contributed by atoms with Gasteiger partial charge in [-0.25, -0.2) is 9.48 Å². The van der Waals surface area contributed by atoms with Crippen LogP contribution in [0.3, 0.4) is 0 Å². The molecule has 2 heterocycles. The van der Waals surface area contributed by atoms with Gasteiger partial charge in [0.25, 0.3) is 0 Å². The standard InChI is InChI=1S/C14H9Cl2N3O3/c1-6-2-10(20)17-13-11(6)12(14(21)22)18-19(13)9-4-7(15)3-8(16)5-9/h2-5H,1H3,(H,17,20)(H,21,22). The number of hydrogen-bond acceptors (Lipinski definition) is 3. The molecule has 0 aliphatic carbocycles. The van der Waals surface area contributed by atoms with Crippen LogP contribution in [-0.2, 0) is 0 Å². The number of rotatable bonds is 2. The second kappa shape index (κ2) is 5.15. The maximum atomic E-state index is 11.7. The van der Waals surface area contributed by atoms with E-state index in [1.54, 1.807) is 25.1 Å². The van der Waals surface area contributed by atoms with E-state index in [9.17, 15) is 14.7 Å². The minimum Gasteiger partial charge on any atom is -0.476 e. The Morgan fingerprint density at radius 1 is 1.23 bits per heavy atom. The number of aromatic nitrogens is 3. The molecule has 3 aromatic rings. The molecule has 3 rings (SSSR count). The number of pyridine rings is 1. The van der Waals surface area contributed by atoms with Crippen LogP contribution in [0.5, 0.6) is 0 Å². The number of nitrogens with one attached hydrogen (secondary N) is 1. The van der Waals surface area contributed by atoms with Crippen molar-refractivity contribution < 1.29 is 9.90 Å². The number of aryl methyl sites for hydroxylation is 1. The van der Waals surface area contributed by atoms with E-state index in [0.717, 1.165) is 0 Å². The summed E-state index contributed by atoms with van der Waals surface area (Å²) in [4.78, 5) is 25.7. The third kappa shape index (κ3) is 2.36. The molecule has 0 aliphatic rings. The molecular formula is C14H9Cl2N3O3. The number of halogens is 2. The lowest BCUT2D eigenvalue weighted by Gasteiger charge is -2.05. The summed E-state index contributed by atoms with van der Waals surface area (Å²) >= 11 is 11.9. The minimum atomic E-state index is -1.19. The molecule has 8 heteroatoms. The van der Waals surface area contributed by atoms with Gasteiger partial charge in [-0.15, -0.1) is 0 Å². The van der Waals surface area contributed by atoms with Gasteiger partial charge in [-0.1, -0.05) is 23.2 Å². The van der Waals surface area contributed by atoms with Crippen LogP contribution in [0.2, 0.25) is 10.0 Å². The van der Waals surface area contributed by atoms with Crippen LogP contribution in [0.4, 0.5) is 0 Å². The molecule has 0 aliphatic heterocycles. The molecule has 1 aromatic carbocycles. The topological polar surface area (TPSA) is 88.0 Å². The van der Waals surface area contributed by atoms with Crippen LogP contribution in [0, 0.1) is 6.92 Å². The number of fused-ring (bicyclic) bond motifs is 1. The summed E-state index contributed by atoms with van der Waals surface area (Å²) < 4.78 is 1.31. The minimum absolute atomic E-state index is 0.153. The van der Waals surface area contributed by atoms with Crippen molar-refractivity contribution in [2.24, 2.45) is 0 Å². The predicted octanol–water partition coefficient (Wildman–Crippen LogP) is 3.03. The van der Waals surface area contributed by atoms with Gasteiger partial charge in [0, 0.05) is 16.1 Å². The van der Waals surface area contributed by atoms with Crippen molar-refractivity contribution >= 4 is 40.2 Å². The summed E-state index contributed by atoms with van der Waals surface area (Å²) in [5.74, 6) is -1.19. The number of H-pyrrole nitrogens is 1. The summed E-state index contributed by atoms with van der Waals surface area (Å²) in [6.45, 7) is 1.65. The highest BCUT2D eigenvalue weighted by Gasteiger charge is 2.20. The maximum Gasteiger partial charge on any atom is 0.357 e. The third-order valence-electron chi connectivity index (χ3n) is 3.16. The molecule has 0 saturated carbocycles. The lowest BCUT2D eigenvalue weighted by Crippen LogP contribution is -2.07. The van der Waals surface area contributed by atoms with Gasteiger partial charge >= 0.3 is 5.97 Å². The molecule has 2 aromatic heterocycles. The van der Waals surface area contributed by atoms with Gasteiger partial charge < -0.3 is 10.1 Å². The van der Waals surface area contributed by atoms with E-state index in [1.165, 1.54) is 10.7 Å². The van der Waals surface area contributed by atoms with Gasteiger partial charge in [-0.3, -0.25) is 4.79 Å². The number of benzene rings is 1. The largest absolute Gasteiger partial charge is 0.476 e.